The number of phenols is 1. The van der Waals surface area contributed by atoms with Gasteiger partial charge in [0.1, 0.15) is 5.75 Å². The van der Waals surface area contributed by atoms with Crippen molar-refractivity contribution >= 4 is 28.8 Å². The van der Waals surface area contributed by atoms with Crippen molar-refractivity contribution in [3.8, 4) is 11.6 Å². The third kappa shape index (κ3) is 5.32. The number of aromatic nitrogens is 2. The Kier molecular flexibility index (Phi) is 6.79. The van der Waals surface area contributed by atoms with Crippen LogP contribution in [0.3, 0.4) is 0 Å². The highest BCUT2D eigenvalue weighted by Crippen LogP contribution is 2.25. The molecular weight excluding hydrogens is 406 g/mol. The Bertz CT molecular complexity index is 1120. The Labute approximate surface area is 186 Å². The molecule has 1 saturated heterocycles. The van der Waals surface area contributed by atoms with Crippen molar-refractivity contribution in [3.05, 3.63) is 53.7 Å². The number of nitrogens with zero attached hydrogens (tertiary/aromatic N) is 4. The Morgan fingerprint density at radius 2 is 1.94 bits per heavy atom. The first-order valence-corrected chi connectivity index (χ1v) is 10.9. The predicted molar refractivity (Wildman–Crippen MR) is 124 cm³/mol. The molecular formula is C24H27N5O3. The van der Waals surface area contributed by atoms with Crippen LogP contribution in [0.5, 0.6) is 11.6 Å². The number of benzene rings is 2. The predicted octanol–water partition coefficient (Wildman–Crippen LogP) is 3.55. The van der Waals surface area contributed by atoms with E-state index in [4.69, 9.17) is 4.74 Å². The molecule has 1 aromatic heterocycles. The summed E-state index contributed by atoms with van der Waals surface area (Å²) in [4.78, 5) is 23.4. The molecule has 0 radical (unpaired) electrons. The van der Waals surface area contributed by atoms with Crippen molar-refractivity contribution in [1.29, 1.82) is 0 Å². The van der Waals surface area contributed by atoms with Crippen LogP contribution in [0.1, 0.15) is 36.9 Å². The van der Waals surface area contributed by atoms with E-state index in [0.717, 1.165) is 42.4 Å². The lowest BCUT2D eigenvalue weighted by Crippen LogP contribution is -2.27. The minimum atomic E-state index is -0.423. The van der Waals surface area contributed by atoms with E-state index >= 15 is 0 Å². The van der Waals surface area contributed by atoms with E-state index < -0.39 is 5.91 Å². The van der Waals surface area contributed by atoms with Gasteiger partial charge in [-0.2, -0.15) is 10.1 Å². The summed E-state index contributed by atoms with van der Waals surface area (Å²) in [5.41, 5.74) is 3.77. The molecule has 0 aliphatic carbocycles. The number of phenolic OH excluding ortho intramolecular Hbond substituents is 1. The lowest BCUT2D eigenvalue weighted by Gasteiger charge is -2.20. The lowest BCUT2D eigenvalue weighted by molar-refractivity contribution is -0.123. The molecule has 8 nitrogen and oxygen atoms in total. The number of anilines is 1. The number of aryl methyl sites for hydroxylation is 1. The smallest absolute Gasteiger partial charge is 0.278 e. The second kappa shape index (κ2) is 10.1. The van der Waals surface area contributed by atoms with Gasteiger partial charge in [0.2, 0.25) is 11.8 Å². The summed E-state index contributed by atoms with van der Waals surface area (Å²) < 4.78 is 5.59. The van der Waals surface area contributed by atoms with Gasteiger partial charge in [-0.3, -0.25) is 4.79 Å². The Balaban J connectivity index is 1.37. The summed E-state index contributed by atoms with van der Waals surface area (Å²) in [6.45, 7) is 3.52. The van der Waals surface area contributed by atoms with Crippen molar-refractivity contribution in [1.82, 2.24) is 15.4 Å². The molecule has 166 valence electrons. The standard InChI is InChI=1S/C24H27N5O3/c1-17-14-23(27-24(26-17)29-12-6-2-3-7-13-29)32-16-22(31)28-25-15-20-19-9-5-4-8-18(19)10-11-21(20)30/h4-5,8-11,14-15,30H,2-3,6-7,12-13,16H2,1H3,(H,28,31)/b25-15+. The van der Waals surface area contributed by atoms with Gasteiger partial charge < -0.3 is 14.7 Å². The number of hydrazone groups is 1. The average molecular weight is 434 g/mol. The van der Waals surface area contributed by atoms with Gasteiger partial charge in [0.25, 0.3) is 5.91 Å². The van der Waals surface area contributed by atoms with Crippen LogP contribution in [0.2, 0.25) is 0 Å². The zero-order chi connectivity index (χ0) is 22.3. The maximum absolute atomic E-state index is 12.2. The molecule has 1 aliphatic heterocycles. The third-order valence-corrected chi connectivity index (χ3v) is 5.39. The monoisotopic (exact) mass is 433 g/mol. The highest BCUT2D eigenvalue weighted by atomic mass is 16.5. The number of nitrogens with one attached hydrogen (secondary N) is 1. The van der Waals surface area contributed by atoms with Crippen molar-refractivity contribution < 1.29 is 14.6 Å². The van der Waals surface area contributed by atoms with Gasteiger partial charge >= 0.3 is 0 Å². The topological polar surface area (TPSA) is 99.9 Å². The number of ether oxygens (including phenoxy) is 1. The summed E-state index contributed by atoms with van der Waals surface area (Å²) >= 11 is 0. The van der Waals surface area contributed by atoms with Crippen LogP contribution in [0.25, 0.3) is 10.8 Å². The molecule has 0 bridgehead atoms. The number of amides is 1. The van der Waals surface area contributed by atoms with Crippen LogP contribution in [-0.2, 0) is 4.79 Å². The SMILES string of the molecule is Cc1cc(OCC(=O)N/N=C/c2c(O)ccc3ccccc23)nc(N2CCCCCC2)n1. The number of aromatic hydroxyl groups is 1. The third-order valence-electron chi connectivity index (χ3n) is 5.39. The van der Waals surface area contributed by atoms with E-state index in [9.17, 15) is 9.90 Å². The van der Waals surface area contributed by atoms with Gasteiger partial charge in [-0.15, -0.1) is 0 Å². The van der Waals surface area contributed by atoms with Gasteiger partial charge in [0.15, 0.2) is 6.61 Å². The maximum atomic E-state index is 12.2. The summed E-state index contributed by atoms with van der Waals surface area (Å²) in [5.74, 6) is 0.679. The van der Waals surface area contributed by atoms with Crippen LogP contribution in [0.15, 0.2) is 47.6 Å². The maximum Gasteiger partial charge on any atom is 0.278 e. The molecule has 0 unspecified atom stereocenters. The largest absolute Gasteiger partial charge is 0.507 e. The molecule has 1 aliphatic rings. The van der Waals surface area contributed by atoms with E-state index in [2.05, 4.69) is 25.4 Å². The molecule has 0 spiro atoms. The summed E-state index contributed by atoms with van der Waals surface area (Å²) in [7, 11) is 0. The number of carbonyl (C=O) groups excluding carboxylic acids is 1. The Hall–Kier alpha value is -3.68. The van der Waals surface area contributed by atoms with Crippen LogP contribution < -0.4 is 15.1 Å². The van der Waals surface area contributed by atoms with Gasteiger partial charge in [-0.25, -0.2) is 10.4 Å². The van der Waals surface area contributed by atoms with Gasteiger partial charge in [0, 0.05) is 30.4 Å². The van der Waals surface area contributed by atoms with Crippen LogP contribution in [-0.4, -0.2) is 46.9 Å². The number of fused-ring (bicyclic) bond motifs is 1. The van der Waals surface area contributed by atoms with E-state index in [1.165, 1.54) is 19.1 Å². The molecule has 4 rings (SSSR count). The minimum Gasteiger partial charge on any atom is -0.507 e. The van der Waals surface area contributed by atoms with E-state index in [-0.39, 0.29) is 12.4 Å². The summed E-state index contributed by atoms with van der Waals surface area (Å²) in [5, 5.41) is 16.0. The zero-order valence-electron chi connectivity index (χ0n) is 18.1. The summed E-state index contributed by atoms with van der Waals surface area (Å²) in [6, 6.07) is 12.8. The Morgan fingerprint density at radius 1 is 1.16 bits per heavy atom. The molecule has 2 N–H and O–H groups in total. The molecule has 0 saturated carbocycles. The van der Waals surface area contributed by atoms with Crippen LogP contribution >= 0.6 is 0 Å². The van der Waals surface area contributed by atoms with Crippen LogP contribution in [0, 0.1) is 6.92 Å². The lowest BCUT2D eigenvalue weighted by atomic mass is 10.0. The minimum absolute atomic E-state index is 0.0930. The van der Waals surface area contributed by atoms with Crippen molar-refractivity contribution in [2.75, 3.05) is 24.6 Å². The number of hydrogen-bond acceptors (Lipinski definition) is 7. The number of hydrogen-bond donors (Lipinski definition) is 2. The highest BCUT2D eigenvalue weighted by molar-refractivity contribution is 6.02. The van der Waals surface area contributed by atoms with E-state index in [1.54, 1.807) is 12.1 Å². The first kappa shape index (κ1) is 21.5. The fourth-order valence-electron chi connectivity index (χ4n) is 3.77. The van der Waals surface area contributed by atoms with Gasteiger partial charge in [0.05, 0.1) is 6.21 Å². The first-order valence-electron chi connectivity index (χ1n) is 10.9. The van der Waals surface area contributed by atoms with Gasteiger partial charge in [-0.05, 0) is 36.6 Å². The molecule has 2 heterocycles. The molecule has 1 amide bonds. The molecule has 1 fully saturated rings. The second-order valence-electron chi connectivity index (χ2n) is 7.85. The molecule has 2 aromatic carbocycles. The Morgan fingerprint density at radius 3 is 2.75 bits per heavy atom. The number of carbonyl (C=O) groups is 1. The summed E-state index contributed by atoms with van der Waals surface area (Å²) in [6.07, 6.45) is 6.13. The average Bonchev–Trinajstić information content (AvgIpc) is 3.08. The van der Waals surface area contributed by atoms with Crippen molar-refractivity contribution in [2.45, 2.75) is 32.6 Å². The van der Waals surface area contributed by atoms with Crippen molar-refractivity contribution in [3.63, 3.8) is 0 Å². The molecule has 3 aromatic rings. The van der Waals surface area contributed by atoms with E-state index in [1.807, 2.05) is 37.3 Å². The molecule has 32 heavy (non-hydrogen) atoms. The normalized spacial score (nSPS) is 14.5. The first-order chi connectivity index (χ1) is 15.6. The van der Waals surface area contributed by atoms with Gasteiger partial charge in [-0.1, -0.05) is 43.2 Å². The molecule has 8 heteroatoms. The van der Waals surface area contributed by atoms with Crippen molar-refractivity contribution in [2.24, 2.45) is 5.10 Å². The second-order valence-corrected chi connectivity index (χ2v) is 7.85. The number of rotatable bonds is 6. The molecule has 0 atom stereocenters. The van der Waals surface area contributed by atoms with Crippen LogP contribution in [0.4, 0.5) is 5.95 Å². The fourth-order valence-corrected chi connectivity index (χ4v) is 3.77. The van der Waals surface area contributed by atoms with E-state index in [0.29, 0.717) is 17.4 Å². The fraction of sp³-hybridized carbons (Fsp3) is 0.333. The highest BCUT2D eigenvalue weighted by Gasteiger charge is 2.15. The quantitative estimate of drug-likeness (QED) is 0.456. The zero-order valence-corrected chi connectivity index (χ0v) is 18.1.